The molecule has 6 nitrogen and oxygen atoms in total. The first-order chi connectivity index (χ1) is 13.0. The third-order valence-electron chi connectivity index (χ3n) is 3.91. The van der Waals surface area contributed by atoms with Gasteiger partial charge in [0.25, 0.3) is 0 Å². The van der Waals surface area contributed by atoms with Gasteiger partial charge in [0.2, 0.25) is 5.75 Å². The van der Waals surface area contributed by atoms with Gasteiger partial charge < -0.3 is 9.47 Å². The molecule has 0 aliphatic rings. The maximum absolute atomic E-state index is 12.4. The molecule has 0 N–H and O–H groups in total. The van der Waals surface area contributed by atoms with Crippen molar-refractivity contribution in [3.63, 3.8) is 0 Å². The Hall–Kier alpha value is -3.67. The van der Waals surface area contributed by atoms with E-state index in [4.69, 9.17) is 9.47 Å². The molecular formula is C21H17NO5. The SMILES string of the molecule is Cc1cc(Oc2ccccc2)c([N+](=O)[O-])cc1C(=O)OCc1ccccc1. The van der Waals surface area contributed by atoms with Crippen molar-refractivity contribution in [1.29, 1.82) is 0 Å². The number of para-hydroxylation sites is 1. The van der Waals surface area contributed by atoms with Crippen molar-refractivity contribution in [2.24, 2.45) is 0 Å². The molecule has 0 heterocycles. The third-order valence-corrected chi connectivity index (χ3v) is 3.91. The van der Waals surface area contributed by atoms with Crippen LogP contribution >= 0.6 is 0 Å². The predicted octanol–water partition coefficient (Wildman–Crippen LogP) is 5.05. The smallest absolute Gasteiger partial charge is 0.338 e. The summed E-state index contributed by atoms with van der Waals surface area (Å²) in [6, 6.07) is 20.6. The first-order valence-corrected chi connectivity index (χ1v) is 8.27. The van der Waals surface area contributed by atoms with Gasteiger partial charge in [-0.05, 0) is 36.2 Å². The number of esters is 1. The second-order valence-corrected chi connectivity index (χ2v) is 5.87. The van der Waals surface area contributed by atoms with Gasteiger partial charge in [-0.1, -0.05) is 48.5 Å². The quantitative estimate of drug-likeness (QED) is 0.348. The number of carbonyl (C=O) groups excluding carboxylic acids is 1. The lowest BCUT2D eigenvalue weighted by Crippen LogP contribution is -2.08. The summed E-state index contributed by atoms with van der Waals surface area (Å²) in [6.07, 6.45) is 0. The topological polar surface area (TPSA) is 78.7 Å². The van der Waals surface area contributed by atoms with Crippen LogP contribution in [0.4, 0.5) is 5.69 Å². The normalized spacial score (nSPS) is 10.3. The molecule has 0 aromatic heterocycles. The zero-order valence-corrected chi connectivity index (χ0v) is 14.6. The summed E-state index contributed by atoms with van der Waals surface area (Å²) in [5, 5.41) is 11.5. The van der Waals surface area contributed by atoms with Crippen LogP contribution in [-0.4, -0.2) is 10.9 Å². The van der Waals surface area contributed by atoms with Gasteiger partial charge in [-0.15, -0.1) is 0 Å². The molecule has 0 saturated carbocycles. The molecule has 3 aromatic rings. The van der Waals surface area contributed by atoms with Gasteiger partial charge in [0.05, 0.1) is 10.5 Å². The van der Waals surface area contributed by atoms with Crippen molar-refractivity contribution in [3.05, 3.63) is 99.6 Å². The Kier molecular flexibility index (Phi) is 5.47. The summed E-state index contributed by atoms with van der Waals surface area (Å²) >= 11 is 0. The molecule has 136 valence electrons. The lowest BCUT2D eigenvalue weighted by Gasteiger charge is -2.11. The van der Waals surface area contributed by atoms with Crippen molar-refractivity contribution in [2.45, 2.75) is 13.5 Å². The Morgan fingerprint density at radius 3 is 2.26 bits per heavy atom. The summed E-state index contributed by atoms with van der Waals surface area (Å²) in [4.78, 5) is 23.3. The average Bonchev–Trinajstić information content (AvgIpc) is 2.67. The van der Waals surface area contributed by atoms with Crippen LogP contribution in [0.15, 0.2) is 72.8 Å². The van der Waals surface area contributed by atoms with Crippen molar-refractivity contribution in [3.8, 4) is 11.5 Å². The summed E-state index contributed by atoms with van der Waals surface area (Å²) < 4.78 is 10.9. The molecule has 0 bridgehead atoms. The maximum atomic E-state index is 12.4. The first kappa shape index (κ1) is 18.1. The maximum Gasteiger partial charge on any atom is 0.338 e. The average molecular weight is 363 g/mol. The lowest BCUT2D eigenvalue weighted by atomic mass is 10.1. The van der Waals surface area contributed by atoms with Crippen molar-refractivity contribution in [2.75, 3.05) is 0 Å². The van der Waals surface area contributed by atoms with Gasteiger partial charge >= 0.3 is 11.7 Å². The number of rotatable bonds is 6. The monoisotopic (exact) mass is 363 g/mol. The highest BCUT2D eigenvalue weighted by molar-refractivity contribution is 5.92. The van der Waals surface area contributed by atoms with Crippen LogP contribution in [0.2, 0.25) is 0 Å². The minimum absolute atomic E-state index is 0.0725. The molecule has 0 fully saturated rings. The van der Waals surface area contributed by atoms with E-state index in [0.29, 0.717) is 11.3 Å². The molecule has 0 aliphatic heterocycles. The minimum Gasteiger partial charge on any atom is -0.457 e. The van der Waals surface area contributed by atoms with E-state index in [-0.39, 0.29) is 23.6 Å². The Morgan fingerprint density at radius 1 is 1.00 bits per heavy atom. The second kappa shape index (κ2) is 8.14. The number of carbonyl (C=O) groups is 1. The molecule has 0 unspecified atom stereocenters. The number of hydrogen-bond acceptors (Lipinski definition) is 5. The summed E-state index contributed by atoms with van der Waals surface area (Å²) in [5.74, 6) is -0.0755. The fraction of sp³-hybridized carbons (Fsp3) is 0.0952. The van der Waals surface area contributed by atoms with E-state index < -0.39 is 10.9 Å². The molecule has 0 radical (unpaired) electrons. The Morgan fingerprint density at radius 2 is 1.63 bits per heavy atom. The molecule has 0 spiro atoms. The van der Waals surface area contributed by atoms with E-state index >= 15 is 0 Å². The van der Waals surface area contributed by atoms with Crippen LogP contribution in [0.25, 0.3) is 0 Å². The number of benzene rings is 3. The molecule has 27 heavy (non-hydrogen) atoms. The van der Waals surface area contributed by atoms with Crippen LogP contribution in [0.5, 0.6) is 11.5 Å². The lowest BCUT2D eigenvalue weighted by molar-refractivity contribution is -0.385. The Labute approximate surface area is 156 Å². The van der Waals surface area contributed by atoms with E-state index in [1.165, 1.54) is 12.1 Å². The van der Waals surface area contributed by atoms with Crippen LogP contribution in [0, 0.1) is 17.0 Å². The predicted molar refractivity (Wildman–Crippen MR) is 99.9 cm³/mol. The zero-order valence-electron chi connectivity index (χ0n) is 14.6. The molecule has 3 rings (SSSR count). The largest absolute Gasteiger partial charge is 0.457 e. The van der Waals surface area contributed by atoms with Crippen LogP contribution in [0.3, 0.4) is 0 Å². The van der Waals surface area contributed by atoms with E-state index in [1.807, 2.05) is 36.4 Å². The van der Waals surface area contributed by atoms with E-state index in [1.54, 1.807) is 31.2 Å². The molecule has 0 saturated heterocycles. The second-order valence-electron chi connectivity index (χ2n) is 5.87. The van der Waals surface area contributed by atoms with Crippen molar-refractivity contribution in [1.82, 2.24) is 0 Å². The van der Waals surface area contributed by atoms with Crippen LogP contribution < -0.4 is 4.74 Å². The molecule has 0 amide bonds. The number of nitrogens with zero attached hydrogens (tertiary/aromatic N) is 1. The fourth-order valence-corrected chi connectivity index (χ4v) is 2.53. The Balaban J connectivity index is 1.84. The number of aryl methyl sites for hydroxylation is 1. The van der Waals surface area contributed by atoms with Gasteiger partial charge in [-0.3, -0.25) is 10.1 Å². The van der Waals surface area contributed by atoms with Crippen LogP contribution in [0.1, 0.15) is 21.5 Å². The van der Waals surface area contributed by atoms with Gasteiger partial charge in [-0.2, -0.15) is 0 Å². The van der Waals surface area contributed by atoms with Gasteiger partial charge in [-0.25, -0.2) is 4.79 Å². The van der Waals surface area contributed by atoms with Gasteiger partial charge in [0.1, 0.15) is 12.4 Å². The fourth-order valence-electron chi connectivity index (χ4n) is 2.53. The highest BCUT2D eigenvalue weighted by Gasteiger charge is 2.22. The van der Waals surface area contributed by atoms with E-state index in [2.05, 4.69) is 0 Å². The molecule has 0 aliphatic carbocycles. The van der Waals surface area contributed by atoms with E-state index in [0.717, 1.165) is 5.56 Å². The third kappa shape index (κ3) is 4.49. The standard InChI is InChI=1S/C21H17NO5/c1-15-12-20(27-17-10-6-3-7-11-17)19(22(24)25)13-18(15)21(23)26-14-16-8-4-2-5-9-16/h2-13H,14H2,1H3. The number of ether oxygens (including phenoxy) is 2. The minimum atomic E-state index is -0.620. The van der Waals surface area contributed by atoms with Crippen molar-refractivity contribution < 1.29 is 19.2 Å². The summed E-state index contributed by atoms with van der Waals surface area (Å²) in [6.45, 7) is 1.77. The highest BCUT2D eigenvalue weighted by atomic mass is 16.6. The van der Waals surface area contributed by atoms with Gasteiger partial charge in [0, 0.05) is 6.07 Å². The number of nitro benzene ring substituents is 1. The molecule has 6 heteroatoms. The number of nitro groups is 1. The molecular weight excluding hydrogens is 346 g/mol. The Bertz CT molecular complexity index is 955. The number of hydrogen-bond donors (Lipinski definition) is 0. The molecule has 0 atom stereocenters. The van der Waals surface area contributed by atoms with E-state index in [9.17, 15) is 14.9 Å². The van der Waals surface area contributed by atoms with Crippen LogP contribution in [-0.2, 0) is 11.3 Å². The van der Waals surface area contributed by atoms with Gasteiger partial charge in [0.15, 0.2) is 0 Å². The summed E-state index contributed by atoms with van der Waals surface area (Å²) in [5.41, 5.74) is 1.21. The molecule has 3 aromatic carbocycles. The highest BCUT2D eigenvalue weighted by Crippen LogP contribution is 2.34. The first-order valence-electron chi connectivity index (χ1n) is 8.27. The summed E-state index contributed by atoms with van der Waals surface area (Å²) in [7, 11) is 0. The zero-order chi connectivity index (χ0) is 19.2. The van der Waals surface area contributed by atoms with Crippen molar-refractivity contribution >= 4 is 11.7 Å².